The maximum Gasteiger partial charge on any atom is 0.500 e. The standard InChI is InChI=1S/C9H23NO3Si.C5H15NO4Si/c1-4-11-14(12-5-2,13-6-3)9-7-8-10;6-2-1-3-11-10-4-5(7,8)9/h4-10H2,1-3H3;7-9H,1-4,6,11H2. The zero-order valence-corrected chi connectivity index (χ0v) is 18.3. The summed E-state index contributed by atoms with van der Waals surface area (Å²) in [5.41, 5.74) is 10.7. The first-order chi connectivity index (χ1) is 11.8. The Hall–Kier alpha value is 0.0738. The van der Waals surface area contributed by atoms with E-state index in [2.05, 4.69) is 0 Å². The first kappa shape index (κ1) is 27.3. The van der Waals surface area contributed by atoms with Crippen molar-refractivity contribution in [2.75, 3.05) is 39.5 Å². The topological polar surface area (TPSA) is 150 Å². The van der Waals surface area contributed by atoms with E-state index in [-0.39, 0.29) is 0 Å². The van der Waals surface area contributed by atoms with Gasteiger partial charge >= 0.3 is 8.80 Å². The summed E-state index contributed by atoms with van der Waals surface area (Å²) in [4.78, 5) is 0. The number of aliphatic hydroxyl groups is 3. The lowest BCUT2D eigenvalue weighted by molar-refractivity contribution is -0.322. The highest BCUT2D eigenvalue weighted by atomic mass is 28.4. The summed E-state index contributed by atoms with van der Waals surface area (Å²) in [6.07, 6.45) is 1.79. The number of rotatable bonds is 15. The van der Waals surface area contributed by atoms with E-state index in [0.29, 0.717) is 32.9 Å². The second-order valence-electron chi connectivity index (χ2n) is 5.20. The fraction of sp³-hybridized carbons (Fsp3) is 1.00. The van der Waals surface area contributed by atoms with Crippen molar-refractivity contribution in [2.24, 2.45) is 11.5 Å². The first-order valence-electron chi connectivity index (χ1n) is 8.87. The van der Waals surface area contributed by atoms with Crippen LogP contribution in [0.15, 0.2) is 0 Å². The van der Waals surface area contributed by atoms with Crippen LogP contribution in [-0.2, 0) is 17.7 Å². The van der Waals surface area contributed by atoms with Gasteiger partial charge in [-0.3, -0.25) is 0 Å². The maximum absolute atomic E-state index is 8.36. The molecule has 0 radical (unpaired) electrons. The molecule has 0 bridgehead atoms. The molecule has 0 aromatic heterocycles. The van der Waals surface area contributed by atoms with Crippen LogP contribution in [0.5, 0.6) is 0 Å². The molecule has 0 atom stereocenters. The molecule has 11 heteroatoms. The van der Waals surface area contributed by atoms with Gasteiger partial charge in [0.2, 0.25) is 0 Å². The van der Waals surface area contributed by atoms with Gasteiger partial charge in [0.05, 0.1) is 0 Å². The molecule has 0 aromatic carbocycles. The minimum atomic E-state index is -2.67. The molecule has 0 aliphatic rings. The van der Waals surface area contributed by atoms with E-state index < -0.39 is 31.1 Å². The average molecular weight is 403 g/mol. The molecule has 0 rings (SSSR count). The van der Waals surface area contributed by atoms with Crippen molar-refractivity contribution < 1.29 is 33.0 Å². The van der Waals surface area contributed by atoms with Crippen LogP contribution in [0.25, 0.3) is 0 Å². The van der Waals surface area contributed by atoms with Crippen molar-refractivity contribution in [3.63, 3.8) is 0 Å². The summed E-state index contributed by atoms with van der Waals surface area (Å²) in [5.74, 6) is -2.67. The molecule has 0 saturated carbocycles. The Morgan fingerprint density at radius 1 is 0.880 bits per heavy atom. The van der Waals surface area contributed by atoms with Gasteiger partial charge in [-0.15, -0.1) is 0 Å². The monoisotopic (exact) mass is 402 g/mol. The third-order valence-electron chi connectivity index (χ3n) is 2.82. The number of hydrogen-bond acceptors (Lipinski definition) is 9. The molecule has 25 heavy (non-hydrogen) atoms. The molecular formula is C14H38N2O7Si2. The first-order valence-corrected chi connectivity index (χ1v) is 12.4. The van der Waals surface area contributed by atoms with Gasteiger partial charge in [-0.05, 0) is 52.7 Å². The summed E-state index contributed by atoms with van der Waals surface area (Å²) < 4.78 is 21.8. The lowest BCUT2D eigenvalue weighted by Crippen LogP contribution is -2.46. The van der Waals surface area contributed by atoms with Crippen molar-refractivity contribution >= 4 is 18.6 Å². The van der Waals surface area contributed by atoms with Gasteiger partial charge in [-0.2, -0.15) is 0 Å². The van der Waals surface area contributed by atoms with Gasteiger partial charge in [0.1, 0.15) is 6.61 Å². The fourth-order valence-corrected chi connectivity index (χ4v) is 5.63. The SMILES string of the molecule is CCO[Si](CCCN)(OCC)OCC.NCCC[SiH2]OCC(O)(O)O. The Morgan fingerprint density at radius 3 is 1.72 bits per heavy atom. The van der Waals surface area contributed by atoms with Crippen molar-refractivity contribution in [1.29, 1.82) is 0 Å². The third-order valence-corrected chi connectivity index (χ3v) is 7.25. The van der Waals surface area contributed by atoms with Crippen molar-refractivity contribution in [3.8, 4) is 0 Å². The molecule has 0 saturated heterocycles. The van der Waals surface area contributed by atoms with Crippen molar-refractivity contribution in [1.82, 2.24) is 0 Å². The average Bonchev–Trinajstić information content (AvgIpc) is 2.53. The molecule has 9 nitrogen and oxygen atoms in total. The second-order valence-corrected chi connectivity index (χ2v) is 9.45. The van der Waals surface area contributed by atoms with Crippen molar-refractivity contribution in [2.45, 2.75) is 51.7 Å². The minimum Gasteiger partial charge on any atom is -0.416 e. The predicted molar refractivity (Wildman–Crippen MR) is 101 cm³/mol. The second kappa shape index (κ2) is 17.5. The summed E-state index contributed by atoms with van der Waals surface area (Å²) in [6, 6.07) is 1.71. The lowest BCUT2D eigenvalue weighted by Gasteiger charge is -2.28. The Balaban J connectivity index is 0. The van der Waals surface area contributed by atoms with Crippen LogP contribution < -0.4 is 11.5 Å². The molecule has 7 N–H and O–H groups in total. The zero-order valence-electron chi connectivity index (χ0n) is 15.9. The largest absolute Gasteiger partial charge is 0.500 e. The normalized spacial score (nSPS) is 12.5. The van der Waals surface area contributed by atoms with E-state index in [9.17, 15) is 0 Å². The molecule has 0 heterocycles. The van der Waals surface area contributed by atoms with E-state index in [1.807, 2.05) is 20.8 Å². The van der Waals surface area contributed by atoms with E-state index in [1.165, 1.54) is 0 Å². The molecule has 0 amide bonds. The van der Waals surface area contributed by atoms with Gasteiger partial charge in [0, 0.05) is 25.9 Å². The van der Waals surface area contributed by atoms with E-state index in [0.717, 1.165) is 24.9 Å². The van der Waals surface area contributed by atoms with E-state index >= 15 is 0 Å². The molecule has 154 valence electrons. The molecule has 0 aromatic rings. The summed E-state index contributed by atoms with van der Waals surface area (Å²) in [6.45, 7) is 8.64. The molecule has 0 unspecified atom stereocenters. The van der Waals surface area contributed by atoms with Crippen molar-refractivity contribution in [3.05, 3.63) is 0 Å². The summed E-state index contributed by atoms with van der Waals surface area (Å²) in [7, 11) is -3.14. The van der Waals surface area contributed by atoms with E-state index in [1.54, 1.807) is 0 Å². The van der Waals surface area contributed by atoms with Gasteiger partial charge < -0.3 is 44.5 Å². The minimum absolute atomic E-state index is 0.427. The van der Waals surface area contributed by atoms with Gasteiger partial charge in [-0.1, -0.05) is 0 Å². The van der Waals surface area contributed by atoms with Crippen LogP contribution in [0.1, 0.15) is 33.6 Å². The van der Waals surface area contributed by atoms with Gasteiger partial charge in [-0.25, -0.2) is 0 Å². The molecule has 0 aliphatic heterocycles. The number of hydrogen-bond donors (Lipinski definition) is 5. The van der Waals surface area contributed by atoms with Crippen LogP contribution in [0.2, 0.25) is 12.1 Å². The molecular weight excluding hydrogens is 364 g/mol. The Kier molecular flexibility index (Phi) is 19.1. The van der Waals surface area contributed by atoms with E-state index in [4.69, 9.17) is 44.5 Å². The summed E-state index contributed by atoms with van der Waals surface area (Å²) in [5, 5.41) is 25.1. The number of nitrogens with two attached hydrogens (primary N) is 2. The zero-order chi connectivity index (χ0) is 19.6. The Labute approximate surface area is 154 Å². The fourth-order valence-electron chi connectivity index (χ4n) is 1.88. The van der Waals surface area contributed by atoms with Crippen LogP contribution >= 0.6 is 0 Å². The lowest BCUT2D eigenvalue weighted by atomic mass is 10.5. The maximum atomic E-state index is 8.36. The van der Waals surface area contributed by atoms with Gasteiger partial charge in [0.25, 0.3) is 5.97 Å². The highest BCUT2D eigenvalue weighted by molar-refractivity contribution is 6.60. The summed E-state index contributed by atoms with van der Waals surface area (Å²) >= 11 is 0. The van der Waals surface area contributed by atoms with Crippen LogP contribution in [-0.4, -0.2) is 79.4 Å². The van der Waals surface area contributed by atoms with Crippen LogP contribution in [0.3, 0.4) is 0 Å². The smallest absolute Gasteiger partial charge is 0.416 e. The highest BCUT2D eigenvalue weighted by Gasteiger charge is 2.39. The Morgan fingerprint density at radius 2 is 1.36 bits per heavy atom. The molecule has 0 fully saturated rings. The quantitative estimate of drug-likeness (QED) is 0.130. The van der Waals surface area contributed by atoms with Crippen LogP contribution in [0, 0.1) is 0 Å². The Bertz CT molecular complexity index is 267. The molecule has 0 aliphatic carbocycles. The van der Waals surface area contributed by atoms with Crippen LogP contribution in [0.4, 0.5) is 0 Å². The third kappa shape index (κ3) is 18.7. The molecule has 0 spiro atoms. The van der Waals surface area contributed by atoms with Gasteiger partial charge in [0.15, 0.2) is 9.76 Å². The highest BCUT2D eigenvalue weighted by Crippen LogP contribution is 2.17. The predicted octanol–water partition coefficient (Wildman–Crippen LogP) is -1.13.